The molecule has 2 nitrogen and oxygen atoms in total. The number of hydrogen-bond donors (Lipinski definition) is 2. The molecule has 0 bridgehead atoms. The van der Waals surface area contributed by atoms with E-state index in [0.717, 1.165) is 6.42 Å². The first kappa shape index (κ1) is 5.82. The lowest BCUT2D eigenvalue weighted by atomic mass is 10.5. The highest BCUT2D eigenvalue weighted by atomic mass is 32.1. The molecule has 0 spiro atoms. The van der Waals surface area contributed by atoms with E-state index in [4.69, 9.17) is 5.84 Å². The van der Waals surface area contributed by atoms with E-state index in [0.29, 0.717) is 5.04 Å². The van der Waals surface area contributed by atoms with Crippen LogP contribution in [0.4, 0.5) is 0 Å². The molecule has 0 aliphatic rings. The summed E-state index contributed by atoms with van der Waals surface area (Å²) < 4.78 is 0. The number of nitrogens with two attached hydrogens (primary N) is 1. The smallest absolute Gasteiger partial charge is 0.0895 e. The lowest BCUT2D eigenvalue weighted by molar-refractivity contribution is 1.20. The van der Waals surface area contributed by atoms with E-state index in [2.05, 4.69) is 17.7 Å². The third-order valence-electron chi connectivity index (χ3n) is 0.465. The molecule has 0 unspecified atom stereocenters. The Labute approximate surface area is 42.8 Å². The van der Waals surface area contributed by atoms with Crippen LogP contribution in [0.3, 0.4) is 0 Å². The predicted molar refractivity (Wildman–Crippen MR) is 30.9 cm³/mol. The van der Waals surface area contributed by atoms with Crippen molar-refractivity contribution in [1.29, 1.82) is 0 Å². The molecule has 0 aromatic rings. The van der Waals surface area contributed by atoms with E-state index in [9.17, 15) is 0 Å². The Kier molecular flexibility index (Phi) is 2.94. The lowest BCUT2D eigenvalue weighted by Crippen LogP contribution is -1.88. The van der Waals surface area contributed by atoms with Crippen LogP contribution in [0.2, 0.25) is 0 Å². The molecular weight excluding hydrogens is 96.1 g/mol. The first-order valence-corrected chi connectivity index (χ1v) is 2.21. The van der Waals surface area contributed by atoms with Crippen molar-refractivity contribution in [3.05, 3.63) is 0 Å². The maximum atomic E-state index is 4.79. The molecule has 0 rings (SSSR count). The fourth-order valence-electron chi connectivity index (χ4n) is 0.0913. The van der Waals surface area contributed by atoms with Crippen molar-refractivity contribution in [2.45, 2.75) is 13.3 Å². The fraction of sp³-hybridized carbons (Fsp3) is 0.667. The van der Waals surface area contributed by atoms with Gasteiger partial charge in [0.1, 0.15) is 0 Å². The highest BCUT2D eigenvalue weighted by molar-refractivity contribution is 7.97. The van der Waals surface area contributed by atoms with Gasteiger partial charge in [0.25, 0.3) is 0 Å². The molecule has 3 heteroatoms. The second-order valence-corrected chi connectivity index (χ2v) is 1.42. The van der Waals surface area contributed by atoms with Gasteiger partial charge in [0.2, 0.25) is 0 Å². The third kappa shape index (κ3) is 2.08. The average Bonchev–Trinajstić information content (AvgIpc) is 1.65. The van der Waals surface area contributed by atoms with Gasteiger partial charge in [-0.05, 0) is 6.42 Å². The number of rotatable bonds is 1. The van der Waals surface area contributed by atoms with Crippen LogP contribution >= 0.6 is 12.6 Å². The normalized spacial score (nSPS) is 12.0. The maximum Gasteiger partial charge on any atom is 0.0895 e. The molecule has 2 N–H and O–H groups in total. The molecule has 0 aromatic heterocycles. The van der Waals surface area contributed by atoms with Crippen molar-refractivity contribution in [3.8, 4) is 0 Å². The standard InChI is InChI=1S/C3H8N2S/c1-2-3(6)5-4/h2,4H2,1H3,(H,5,6). The fourth-order valence-corrected chi connectivity index (χ4v) is 0.0913. The van der Waals surface area contributed by atoms with Crippen molar-refractivity contribution in [1.82, 2.24) is 0 Å². The van der Waals surface area contributed by atoms with E-state index < -0.39 is 0 Å². The third-order valence-corrected chi connectivity index (χ3v) is 0.897. The number of hydrazone groups is 1. The average molecular weight is 104 g/mol. The molecule has 0 aliphatic heterocycles. The van der Waals surface area contributed by atoms with Gasteiger partial charge < -0.3 is 5.84 Å². The Morgan fingerprint density at radius 3 is 2.50 bits per heavy atom. The molecule has 0 heterocycles. The molecule has 0 aliphatic carbocycles. The Bertz CT molecular complexity index is 59.8. The molecule has 0 amide bonds. The summed E-state index contributed by atoms with van der Waals surface area (Å²) in [6.07, 6.45) is 0.819. The molecule has 0 radical (unpaired) electrons. The van der Waals surface area contributed by atoms with Gasteiger partial charge in [-0.15, -0.1) is 12.6 Å². The lowest BCUT2D eigenvalue weighted by Gasteiger charge is -1.82. The minimum Gasteiger partial charge on any atom is -0.323 e. The van der Waals surface area contributed by atoms with Gasteiger partial charge in [0, 0.05) is 0 Å². The highest BCUT2D eigenvalue weighted by Gasteiger charge is 1.77. The second-order valence-electron chi connectivity index (χ2n) is 0.899. The van der Waals surface area contributed by atoms with Gasteiger partial charge in [0.05, 0.1) is 5.04 Å². The van der Waals surface area contributed by atoms with Gasteiger partial charge in [-0.25, -0.2) is 0 Å². The summed E-state index contributed by atoms with van der Waals surface area (Å²) in [5.41, 5.74) is 0. The van der Waals surface area contributed by atoms with Crippen LogP contribution < -0.4 is 5.84 Å². The summed E-state index contributed by atoms with van der Waals surface area (Å²) in [6.45, 7) is 1.94. The molecule has 0 fully saturated rings. The van der Waals surface area contributed by atoms with Crippen LogP contribution in [0.5, 0.6) is 0 Å². The van der Waals surface area contributed by atoms with Crippen molar-refractivity contribution < 1.29 is 0 Å². The Hall–Kier alpha value is -0.180. The van der Waals surface area contributed by atoms with E-state index in [1.165, 1.54) is 0 Å². The maximum absolute atomic E-state index is 4.79. The largest absolute Gasteiger partial charge is 0.323 e. The zero-order chi connectivity index (χ0) is 4.99. The molecule has 0 aromatic carbocycles. The highest BCUT2D eigenvalue weighted by Crippen LogP contribution is 1.84. The zero-order valence-corrected chi connectivity index (χ0v) is 4.57. The van der Waals surface area contributed by atoms with Crippen molar-refractivity contribution in [3.63, 3.8) is 0 Å². The summed E-state index contributed by atoms with van der Waals surface area (Å²) in [4.78, 5) is 0. The van der Waals surface area contributed by atoms with E-state index in [1.54, 1.807) is 0 Å². The van der Waals surface area contributed by atoms with Gasteiger partial charge in [-0.2, -0.15) is 5.10 Å². The van der Waals surface area contributed by atoms with Gasteiger partial charge in [0.15, 0.2) is 0 Å². The predicted octanol–water partition coefficient (Wildman–Crippen LogP) is 0.598. The summed E-state index contributed by atoms with van der Waals surface area (Å²) in [6, 6.07) is 0. The molecule has 0 atom stereocenters. The number of nitrogens with zero attached hydrogens (tertiary/aromatic N) is 1. The summed E-state index contributed by atoms with van der Waals surface area (Å²) in [5, 5.41) is 3.98. The minimum atomic E-state index is 0.690. The Balaban J connectivity index is 3.22. The topological polar surface area (TPSA) is 38.4 Å². The molecule has 6 heavy (non-hydrogen) atoms. The van der Waals surface area contributed by atoms with Crippen LogP contribution in [0.15, 0.2) is 5.10 Å². The second kappa shape index (κ2) is 3.03. The van der Waals surface area contributed by atoms with Crippen LogP contribution in [0.1, 0.15) is 13.3 Å². The van der Waals surface area contributed by atoms with Gasteiger partial charge >= 0.3 is 0 Å². The minimum absolute atomic E-state index is 0.690. The van der Waals surface area contributed by atoms with Gasteiger partial charge in [-0.1, -0.05) is 6.92 Å². The van der Waals surface area contributed by atoms with E-state index in [1.807, 2.05) is 6.92 Å². The van der Waals surface area contributed by atoms with Crippen LogP contribution in [-0.4, -0.2) is 5.04 Å². The number of thiol groups is 1. The monoisotopic (exact) mass is 104 g/mol. The number of hydrogen-bond acceptors (Lipinski definition) is 2. The van der Waals surface area contributed by atoms with Crippen LogP contribution in [-0.2, 0) is 0 Å². The Morgan fingerprint density at radius 2 is 2.50 bits per heavy atom. The van der Waals surface area contributed by atoms with Crippen molar-refractivity contribution in [2.75, 3.05) is 0 Å². The molecule has 0 saturated carbocycles. The molecule has 0 saturated heterocycles. The zero-order valence-electron chi connectivity index (χ0n) is 3.68. The van der Waals surface area contributed by atoms with Crippen molar-refractivity contribution in [2.24, 2.45) is 10.9 Å². The summed E-state index contributed by atoms with van der Waals surface area (Å²) in [5.74, 6) is 4.79. The van der Waals surface area contributed by atoms with Crippen LogP contribution in [0.25, 0.3) is 0 Å². The quantitative estimate of drug-likeness (QED) is 0.165. The Morgan fingerprint density at radius 1 is 2.00 bits per heavy atom. The summed E-state index contributed by atoms with van der Waals surface area (Å²) in [7, 11) is 0. The summed E-state index contributed by atoms with van der Waals surface area (Å²) >= 11 is 3.85. The molecule has 36 valence electrons. The first-order valence-electron chi connectivity index (χ1n) is 1.77. The first-order chi connectivity index (χ1) is 2.81. The van der Waals surface area contributed by atoms with Crippen LogP contribution in [0, 0.1) is 0 Å². The molecular formula is C3H8N2S. The van der Waals surface area contributed by atoms with E-state index >= 15 is 0 Å². The van der Waals surface area contributed by atoms with E-state index in [-0.39, 0.29) is 0 Å². The van der Waals surface area contributed by atoms with Crippen molar-refractivity contribution >= 4 is 17.7 Å². The SMILES string of the molecule is CC/C(S)=N/N. The van der Waals surface area contributed by atoms with Gasteiger partial charge in [-0.3, -0.25) is 0 Å².